The van der Waals surface area contributed by atoms with Crippen molar-refractivity contribution in [3.8, 4) is 0 Å². The highest BCUT2D eigenvalue weighted by Gasteiger charge is 2.50. The molecule has 2 heterocycles. The Bertz CT molecular complexity index is 1200. The van der Waals surface area contributed by atoms with Gasteiger partial charge in [-0.3, -0.25) is 19.4 Å². The molecule has 2 aliphatic rings. The van der Waals surface area contributed by atoms with Gasteiger partial charge in [0.05, 0.1) is 19.6 Å². The first kappa shape index (κ1) is 26.6. The van der Waals surface area contributed by atoms with Crippen molar-refractivity contribution >= 4 is 24.0 Å². The fraction of sp³-hybridized carbons (Fsp3) is 0.467. The molecule has 2 aromatic rings. The second-order valence-corrected chi connectivity index (χ2v) is 10.4. The average Bonchev–Trinajstić information content (AvgIpc) is 3.29. The Morgan fingerprint density at radius 2 is 1.84 bits per heavy atom. The molecule has 7 heteroatoms. The molecule has 0 aromatic heterocycles. The lowest BCUT2D eigenvalue weighted by atomic mass is 9.84. The Hall–Kier alpha value is -3.48. The third-order valence-electron chi connectivity index (χ3n) is 7.29. The summed E-state index contributed by atoms with van der Waals surface area (Å²) in [5, 5.41) is 0. The van der Waals surface area contributed by atoms with Crippen molar-refractivity contribution in [2.24, 2.45) is 4.99 Å². The van der Waals surface area contributed by atoms with Gasteiger partial charge in [0.25, 0.3) is 0 Å². The minimum absolute atomic E-state index is 0.0340. The second-order valence-electron chi connectivity index (χ2n) is 10.4. The number of hydrogen-bond acceptors (Lipinski definition) is 5. The normalized spacial score (nSPS) is 17.8. The summed E-state index contributed by atoms with van der Waals surface area (Å²) >= 11 is 0. The van der Waals surface area contributed by atoms with Gasteiger partial charge in [-0.15, -0.1) is 0 Å². The molecule has 0 N–H and O–H groups in total. The highest BCUT2D eigenvalue weighted by molar-refractivity contribution is 5.93. The summed E-state index contributed by atoms with van der Waals surface area (Å²) in [7, 11) is 0. The quantitative estimate of drug-likeness (QED) is 0.457. The molecule has 0 saturated carbocycles. The van der Waals surface area contributed by atoms with E-state index in [1.165, 1.54) is 0 Å². The van der Waals surface area contributed by atoms with Gasteiger partial charge >= 0.3 is 5.97 Å². The Kier molecular flexibility index (Phi) is 8.10. The largest absolute Gasteiger partial charge is 0.466 e. The standard InChI is InChI=1S/C30H37N3O4/c1-5-37-28(35)7-6-11-32(20-23-8-9-25-18-31-19-26(25)16-23)29(36)30(4)10-12-33(30)27(34)17-24-14-21(2)13-22(3)15-24/h8-9,13-16,18H,5-7,10-12,17,19-20H2,1-4H3. The number of carbonyl (C=O) groups excluding carboxylic acids is 3. The Labute approximate surface area is 219 Å². The van der Waals surface area contributed by atoms with Crippen LogP contribution >= 0.6 is 0 Å². The average molecular weight is 504 g/mol. The monoisotopic (exact) mass is 503 g/mol. The van der Waals surface area contributed by atoms with Crippen LogP contribution in [-0.2, 0) is 38.6 Å². The van der Waals surface area contributed by atoms with Crippen LogP contribution < -0.4 is 0 Å². The van der Waals surface area contributed by atoms with Crippen molar-refractivity contribution in [3.05, 3.63) is 69.8 Å². The van der Waals surface area contributed by atoms with Crippen molar-refractivity contribution in [2.45, 2.75) is 72.0 Å². The van der Waals surface area contributed by atoms with E-state index in [1.54, 1.807) is 16.7 Å². The third kappa shape index (κ3) is 6.09. The molecule has 1 fully saturated rings. The summed E-state index contributed by atoms with van der Waals surface area (Å²) in [5.74, 6) is -0.369. The van der Waals surface area contributed by atoms with E-state index in [4.69, 9.17) is 4.74 Å². The fourth-order valence-electron chi connectivity index (χ4n) is 5.35. The highest BCUT2D eigenvalue weighted by atomic mass is 16.5. The zero-order valence-electron chi connectivity index (χ0n) is 22.4. The number of fused-ring (bicyclic) bond motifs is 1. The number of nitrogens with zero attached hydrogens (tertiary/aromatic N) is 3. The van der Waals surface area contributed by atoms with Crippen LogP contribution in [0.4, 0.5) is 0 Å². The Morgan fingerprint density at radius 3 is 2.51 bits per heavy atom. The molecule has 0 aliphatic carbocycles. The van der Waals surface area contributed by atoms with E-state index in [0.29, 0.717) is 45.6 Å². The van der Waals surface area contributed by atoms with Crippen LogP contribution in [0.5, 0.6) is 0 Å². The maximum Gasteiger partial charge on any atom is 0.305 e. The van der Waals surface area contributed by atoms with E-state index >= 15 is 0 Å². The summed E-state index contributed by atoms with van der Waals surface area (Å²) in [6.07, 6.45) is 3.53. The number of esters is 1. The molecule has 2 amide bonds. The van der Waals surface area contributed by atoms with Gasteiger partial charge in [-0.2, -0.15) is 0 Å². The van der Waals surface area contributed by atoms with Crippen LogP contribution in [0.3, 0.4) is 0 Å². The predicted octanol–water partition coefficient (Wildman–Crippen LogP) is 4.14. The first-order chi connectivity index (χ1) is 17.7. The van der Waals surface area contributed by atoms with Gasteiger partial charge < -0.3 is 14.5 Å². The Balaban J connectivity index is 1.49. The lowest BCUT2D eigenvalue weighted by Crippen LogP contribution is -2.68. The molecule has 0 bridgehead atoms. The summed E-state index contributed by atoms with van der Waals surface area (Å²) in [6, 6.07) is 12.3. The molecule has 1 unspecified atom stereocenters. The molecule has 2 aromatic carbocycles. The van der Waals surface area contributed by atoms with Crippen molar-refractivity contribution < 1.29 is 19.1 Å². The second kappa shape index (κ2) is 11.3. The summed E-state index contributed by atoms with van der Waals surface area (Å²) < 4.78 is 5.07. The van der Waals surface area contributed by atoms with E-state index < -0.39 is 5.54 Å². The molecule has 0 spiro atoms. The molecule has 37 heavy (non-hydrogen) atoms. The Morgan fingerprint density at radius 1 is 1.08 bits per heavy atom. The minimum Gasteiger partial charge on any atom is -0.466 e. The van der Waals surface area contributed by atoms with Crippen LogP contribution in [0.25, 0.3) is 0 Å². The predicted molar refractivity (Wildman–Crippen MR) is 143 cm³/mol. The summed E-state index contributed by atoms with van der Waals surface area (Å²) in [6.45, 7) is 10.1. The van der Waals surface area contributed by atoms with Gasteiger partial charge in [0.2, 0.25) is 11.8 Å². The number of rotatable bonds is 10. The number of likely N-dealkylation sites (tertiary alicyclic amines) is 1. The maximum atomic E-state index is 14.0. The van der Waals surface area contributed by atoms with Crippen molar-refractivity contribution in [3.63, 3.8) is 0 Å². The number of benzene rings is 2. The lowest BCUT2D eigenvalue weighted by molar-refractivity contribution is -0.164. The number of ether oxygens (including phenoxy) is 1. The minimum atomic E-state index is -0.889. The summed E-state index contributed by atoms with van der Waals surface area (Å²) in [5.41, 5.74) is 5.60. The molecule has 4 rings (SSSR count). The first-order valence-electron chi connectivity index (χ1n) is 13.1. The van der Waals surface area contributed by atoms with E-state index in [2.05, 4.69) is 17.1 Å². The molecular weight excluding hydrogens is 466 g/mol. The van der Waals surface area contributed by atoms with Crippen molar-refractivity contribution in [2.75, 3.05) is 19.7 Å². The van der Waals surface area contributed by atoms with Crippen molar-refractivity contribution in [1.29, 1.82) is 0 Å². The van der Waals surface area contributed by atoms with E-state index in [1.807, 2.05) is 51.3 Å². The number of aliphatic imine (C=N–C) groups is 1. The molecule has 2 aliphatic heterocycles. The van der Waals surface area contributed by atoms with Crippen LogP contribution in [0, 0.1) is 13.8 Å². The van der Waals surface area contributed by atoms with Gasteiger partial charge in [-0.25, -0.2) is 0 Å². The third-order valence-corrected chi connectivity index (χ3v) is 7.29. The van der Waals surface area contributed by atoms with Gasteiger partial charge in [0.1, 0.15) is 5.54 Å². The number of aryl methyl sites for hydroxylation is 2. The number of amides is 2. The molecule has 0 radical (unpaired) electrons. The molecule has 1 saturated heterocycles. The molecular formula is C30H37N3O4. The molecule has 7 nitrogen and oxygen atoms in total. The zero-order chi connectivity index (χ0) is 26.6. The molecule has 1 atom stereocenters. The van der Waals surface area contributed by atoms with Gasteiger partial charge in [-0.1, -0.05) is 47.5 Å². The zero-order valence-corrected chi connectivity index (χ0v) is 22.4. The van der Waals surface area contributed by atoms with E-state index in [0.717, 1.165) is 33.4 Å². The number of carbonyl (C=O) groups is 3. The topological polar surface area (TPSA) is 79.3 Å². The van der Waals surface area contributed by atoms with Crippen LogP contribution in [0.15, 0.2) is 41.4 Å². The van der Waals surface area contributed by atoms with E-state index in [-0.39, 0.29) is 30.6 Å². The van der Waals surface area contributed by atoms with E-state index in [9.17, 15) is 14.4 Å². The van der Waals surface area contributed by atoms with Gasteiger partial charge in [-0.05, 0) is 62.8 Å². The lowest BCUT2D eigenvalue weighted by Gasteiger charge is -2.51. The fourth-order valence-corrected chi connectivity index (χ4v) is 5.35. The summed E-state index contributed by atoms with van der Waals surface area (Å²) in [4.78, 5) is 47.0. The SMILES string of the molecule is CCOC(=O)CCCN(Cc1ccc2c(c1)CN=C2)C(=O)C1(C)CCN1C(=O)Cc1cc(C)cc(C)c1. The first-order valence-corrected chi connectivity index (χ1v) is 13.1. The van der Waals surface area contributed by atoms with Crippen molar-refractivity contribution in [1.82, 2.24) is 9.80 Å². The van der Waals surface area contributed by atoms with Crippen LogP contribution in [0.2, 0.25) is 0 Å². The van der Waals surface area contributed by atoms with Crippen LogP contribution in [0.1, 0.15) is 66.5 Å². The van der Waals surface area contributed by atoms with Gasteiger partial charge in [0, 0.05) is 32.3 Å². The molecule has 196 valence electrons. The van der Waals surface area contributed by atoms with Gasteiger partial charge in [0.15, 0.2) is 0 Å². The smallest absolute Gasteiger partial charge is 0.305 e. The maximum absolute atomic E-state index is 14.0. The van der Waals surface area contributed by atoms with Crippen LogP contribution in [-0.4, -0.2) is 59.0 Å². The highest BCUT2D eigenvalue weighted by Crippen LogP contribution is 2.34. The number of hydrogen-bond donors (Lipinski definition) is 0.